The van der Waals surface area contributed by atoms with Crippen LogP contribution in [0.4, 0.5) is 0 Å². The third kappa shape index (κ3) is 3.43. The monoisotopic (exact) mass is 242 g/mol. The maximum Gasteiger partial charge on any atom is 0.325 e. The van der Waals surface area contributed by atoms with Crippen LogP contribution in [0.1, 0.15) is 45.4 Å². The van der Waals surface area contributed by atoms with Crippen LogP contribution in [0.3, 0.4) is 0 Å². The highest BCUT2D eigenvalue weighted by Crippen LogP contribution is 2.34. The van der Waals surface area contributed by atoms with E-state index in [9.17, 15) is 9.59 Å². The van der Waals surface area contributed by atoms with Gasteiger partial charge in [-0.3, -0.25) is 9.59 Å². The van der Waals surface area contributed by atoms with E-state index < -0.39 is 17.4 Å². The predicted octanol–water partition coefficient (Wildman–Crippen LogP) is 0.875. The lowest BCUT2D eigenvalue weighted by Crippen LogP contribution is -2.50. The molecule has 0 saturated heterocycles. The van der Waals surface area contributed by atoms with Crippen molar-refractivity contribution < 1.29 is 14.7 Å². The molecule has 0 heterocycles. The average Bonchev–Trinajstić information content (AvgIpc) is 2.54. The molecular formula is C12H22N2O3. The zero-order valence-corrected chi connectivity index (χ0v) is 10.4. The Morgan fingerprint density at radius 2 is 1.82 bits per heavy atom. The summed E-state index contributed by atoms with van der Waals surface area (Å²) >= 11 is 0. The Hall–Kier alpha value is -1.10. The van der Waals surface area contributed by atoms with Gasteiger partial charge >= 0.3 is 5.97 Å². The van der Waals surface area contributed by atoms with Crippen LogP contribution in [0.2, 0.25) is 0 Å². The molecule has 1 amide bonds. The largest absolute Gasteiger partial charge is 0.480 e. The van der Waals surface area contributed by atoms with E-state index in [1.807, 2.05) is 0 Å². The van der Waals surface area contributed by atoms with Crippen LogP contribution in [0, 0.1) is 5.41 Å². The Bertz CT molecular complexity index is 283. The molecule has 1 saturated carbocycles. The van der Waals surface area contributed by atoms with Crippen molar-refractivity contribution in [2.75, 3.05) is 6.54 Å². The molecule has 0 unspecified atom stereocenters. The first kappa shape index (κ1) is 14.0. The average molecular weight is 242 g/mol. The summed E-state index contributed by atoms with van der Waals surface area (Å²) in [5, 5.41) is 11.3. The summed E-state index contributed by atoms with van der Waals surface area (Å²) in [4.78, 5) is 22.9. The minimum atomic E-state index is -1.01. The van der Waals surface area contributed by atoms with Gasteiger partial charge in [-0.25, -0.2) is 0 Å². The van der Waals surface area contributed by atoms with Crippen LogP contribution in [0.5, 0.6) is 0 Å². The first-order valence-corrected chi connectivity index (χ1v) is 6.26. The van der Waals surface area contributed by atoms with E-state index in [0.717, 1.165) is 38.5 Å². The number of carbonyl (C=O) groups is 2. The molecule has 1 fully saturated rings. The van der Waals surface area contributed by atoms with Crippen LogP contribution in [-0.2, 0) is 9.59 Å². The molecular weight excluding hydrogens is 220 g/mol. The molecule has 5 heteroatoms. The second kappa shape index (κ2) is 6.00. The maximum atomic E-state index is 12.2. The standard InChI is InChI=1S/C12H22N2O3/c1-9(10(15)16)14-11(17)12(8-13)6-4-2-3-5-7-12/h9H,2-8,13H2,1H3,(H,14,17)(H,15,16)/t9-/m1/s1. The quantitative estimate of drug-likeness (QED) is 0.638. The van der Waals surface area contributed by atoms with Gasteiger partial charge in [0.2, 0.25) is 5.91 Å². The molecule has 0 bridgehead atoms. The molecule has 0 radical (unpaired) electrons. The van der Waals surface area contributed by atoms with Gasteiger partial charge in [0.15, 0.2) is 0 Å². The lowest BCUT2D eigenvalue weighted by Gasteiger charge is -2.30. The van der Waals surface area contributed by atoms with E-state index in [2.05, 4.69) is 5.32 Å². The fourth-order valence-electron chi connectivity index (χ4n) is 2.34. The number of carboxylic acids is 1. The molecule has 1 atom stereocenters. The fourth-order valence-corrected chi connectivity index (χ4v) is 2.34. The van der Waals surface area contributed by atoms with E-state index in [0.29, 0.717) is 6.54 Å². The van der Waals surface area contributed by atoms with E-state index >= 15 is 0 Å². The van der Waals surface area contributed by atoms with Gasteiger partial charge in [0.25, 0.3) is 0 Å². The number of aliphatic carboxylic acids is 1. The highest BCUT2D eigenvalue weighted by molar-refractivity contribution is 5.87. The second-order valence-corrected chi connectivity index (χ2v) is 4.93. The van der Waals surface area contributed by atoms with Crippen molar-refractivity contribution in [3.63, 3.8) is 0 Å². The Morgan fingerprint density at radius 1 is 1.29 bits per heavy atom. The minimum Gasteiger partial charge on any atom is -0.480 e. The fraction of sp³-hybridized carbons (Fsp3) is 0.833. The number of nitrogens with two attached hydrogens (primary N) is 1. The van der Waals surface area contributed by atoms with E-state index in [1.54, 1.807) is 0 Å². The first-order chi connectivity index (χ1) is 8.02. The lowest BCUT2D eigenvalue weighted by atomic mass is 9.79. The van der Waals surface area contributed by atoms with Gasteiger partial charge < -0.3 is 16.2 Å². The molecule has 5 nitrogen and oxygen atoms in total. The van der Waals surface area contributed by atoms with Crippen LogP contribution >= 0.6 is 0 Å². The van der Waals surface area contributed by atoms with E-state index in [4.69, 9.17) is 10.8 Å². The Morgan fingerprint density at radius 3 is 2.24 bits per heavy atom. The second-order valence-electron chi connectivity index (χ2n) is 4.93. The number of nitrogens with one attached hydrogen (secondary N) is 1. The molecule has 0 aromatic heterocycles. The van der Waals surface area contributed by atoms with Gasteiger partial charge in [0.05, 0.1) is 5.41 Å². The predicted molar refractivity (Wildman–Crippen MR) is 64.4 cm³/mol. The topological polar surface area (TPSA) is 92.4 Å². The van der Waals surface area contributed by atoms with Gasteiger partial charge in [-0.2, -0.15) is 0 Å². The van der Waals surface area contributed by atoms with Crippen molar-refractivity contribution in [2.24, 2.45) is 11.1 Å². The number of hydrogen-bond donors (Lipinski definition) is 3. The molecule has 0 aromatic carbocycles. The normalized spacial score (nSPS) is 21.3. The molecule has 17 heavy (non-hydrogen) atoms. The smallest absolute Gasteiger partial charge is 0.325 e. The summed E-state index contributed by atoms with van der Waals surface area (Å²) in [6, 6.07) is -0.853. The molecule has 1 aliphatic carbocycles. The summed E-state index contributed by atoms with van der Waals surface area (Å²) in [6.07, 6.45) is 5.77. The number of hydrogen-bond acceptors (Lipinski definition) is 3. The summed E-state index contributed by atoms with van der Waals surface area (Å²) < 4.78 is 0. The van der Waals surface area contributed by atoms with Gasteiger partial charge in [0.1, 0.15) is 6.04 Å². The molecule has 1 rings (SSSR count). The zero-order valence-electron chi connectivity index (χ0n) is 10.4. The summed E-state index contributed by atoms with van der Waals surface area (Å²) in [6.45, 7) is 1.77. The molecule has 0 spiro atoms. The maximum absolute atomic E-state index is 12.2. The number of carboxylic acid groups (broad SMARTS) is 1. The van der Waals surface area contributed by atoms with Crippen molar-refractivity contribution in [3.8, 4) is 0 Å². The van der Waals surface area contributed by atoms with Crippen LogP contribution in [-0.4, -0.2) is 29.6 Å². The zero-order chi connectivity index (χ0) is 12.9. The summed E-state index contributed by atoms with van der Waals surface area (Å²) in [7, 11) is 0. The highest BCUT2D eigenvalue weighted by atomic mass is 16.4. The number of amides is 1. The molecule has 4 N–H and O–H groups in total. The number of carbonyl (C=O) groups excluding carboxylic acids is 1. The van der Waals surface area contributed by atoms with E-state index in [1.165, 1.54) is 6.92 Å². The van der Waals surface area contributed by atoms with Crippen molar-refractivity contribution in [3.05, 3.63) is 0 Å². The van der Waals surface area contributed by atoms with Gasteiger partial charge in [-0.1, -0.05) is 25.7 Å². The van der Waals surface area contributed by atoms with Gasteiger partial charge in [-0.05, 0) is 19.8 Å². The third-order valence-corrected chi connectivity index (χ3v) is 3.65. The van der Waals surface area contributed by atoms with Crippen molar-refractivity contribution >= 4 is 11.9 Å². The van der Waals surface area contributed by atoms with Crippen molar-refractivity contribution in [2.45, 2.75) is 51.5 Å². The molecule has 98 valence electrons. The van der Waals surface area contributed by atoms with Crippen LogP contribution in [0.15, 0.2) is 0 Å². The van der Waals surface area contributed by atoms with Crippen molar-refractivity contribution in [1.29, 1.82) is 0 Å². The Balaban J connectivity index is 2.70. The molecule has 0 aromatic rings. The van der Waals surface area contributed by atoms with Gasteiger partial charge in [-0.15, -0.1) is 0 Å². The Kier molecular flexibility index (Phi) is 4.93. The molecule has 0 aliphatic heterocycles. The summed E-state index contributed by atoms with van der Waals surface area (Å²) in [5.41, 5.74) is 5.20. The SMILES string of the molecule is C[C@@H](NC(=O)C1(CN)CCCCCC1)C(=O)O. The van der Waals surface area contributed by atoms with Crippen LogP contribution < -0.4 is 11.1 Å². The highest BCUT2D eigenvalue weighted by Gasteiger charge is 2.38. The number of rotatable bonds is 4. The van der Waals surface area contributed by atoms with Crippen molar-refractivity contribution in [1.82, 2.24) is 5.32 Å². The van der Waals surface area contributed by atoms with Gasteiger partial charge in [0, 0.05) is 6.54 Å². The first-order valence-electron chi connectivity index (χ1n) is 6.26. The minimum absolute atomic E-state index is 0.197. The lowest BCUT2D eigenvalue weighted by molar-refractivity contribution is -0.143. The summed E-state index contributed by atoms with van der Waals surface area (Å²) in [5.74, 6) is -1.21. The third-order valence-electron chi connectivity index (χ3n) is 3.65. The molecule has 1 aliphatic rings. The van der Waals surface area contributed by atoms with Crippen LogP contribution in [0.25, 0.3) is 0 Å². The Labute approximate surface area is 102 Å². The van der Waals surface area contributed by atoms with E-state index in [-0.39, 0.29) is 5.91 Å².